The van der Waals surface area contributed by atoms with Crippen molar-refractivity contribution in [3.63, 3.8) is 0 Å². The zero-order valence-corrected chi connectivity index (χ0v) is 6.64. The van der Waals surface area contributed by atoms with Gasteiger partial charge in [0.2, 0.25) is 5.39 Å². The van der Waals surface area contributed by atoms with Crippen molar-refractivity contribution in [1.82, 2.24) is 0 Å². The predicted octanol–water partition coefficient (Wildman–Crippen LogP) is 2.42. The Morgan fingerprint density at radius 2 is 2.17 bits per heavy atom. The maximum Gasteiger partial charge on any atom is 0.387 e. The van der Waals surface area contributed by atoms with Crippen molar-refractivity contribution in [3.8, 4) is 0 Å². The smallest absolute Gasteiger partial charge is 0.387 e. The highest BCUT2D eigenvalue weighted by Gasteiger charge is 2.17. The number of nitrogens with zero attached hydrogens (tertiary/aromatic N) is 2. The van der Waals surface area contributed by atoms with Crippen LogP contribution < -0.4 is 0 Å². The summed E-state index contributed by atoms with van der Waals surface area (Å²) in [5.74, 6) is 1.27. The summed E-state index contributed by atoms with van der Waals surface area (Å²) in [6.07, 6.45) is 10.2. The molecule has 0 amide bonds. The predicted molar refractivity (Wildman–Crippen MR) is 45.5 cm³/mol. The van der Waals surface area contributed by atoms with Crippen molar-refractivity contribution in [2.24, 2.45) is 0 Å². The largest absolute Gasteiger partial charge is 0.505 e. The Kier molecular flexibility index (Phi) is 3.59. The number of aliphatic hydroxyl groups excluding tert-OH is 1. The molecule has 1 fully saturated rings. The summed E-state index contributed by atoms with van der Waals surface area (Å²) in [4.78, 5) is 2.72. The minimum absolute atomic E-state index is 0.0960. The Morgan fingerprint density at radius 1 is 1.50 bits per heavy atom. The molecule has 3 heteroatoms. The zero-order valence-electron chi connectivity index (χ0n) is 6.64. The molecule has 1 aliphatic carbocycles. The molecule has 61 valence electrons. The van der Waals surface area contributed by atoms with E-state index in [1.807, 2.05) is 25.7 Å². The van der Waals surface area contributed by atoms with Crippen molar-refractivity contribution in [2.75, 3.05) is 0 Å². The third-order valence-corrected chi connectivity index (χ3v) is 1.61. The van der Waals surface area contributed by atoms with Crippen LogP contribution in [-0.2, 0) is 0 Å². The SMILES string of the molecule is N#[N+]/C=C(\O)CC[C]1[CH][CH][CH][CH]1. The third kappa shape index (κ3) is 2.91. The quantitative estimate of drug-likeness (QED) is 0.511. The highest BCUT2D eigenvalue weighted by Crippen LogP contribution is 2.28. The van der Waals surface area contributed by atoms with Gasteiger partial charge in [0, 0.05) is 6.42 Å². The topological polar surface area (TPSA) is 48.4 Å². The lowest BCUT2D eigenvalue weighted by molar-refractivity contribution is 0.386. The van der Waals surface area contributed by atoms with Gasteiger partial charge in [0.05, 0.1) is 0 Å². The number of allylic oxidation sites excluding steroid dienone is 1. The Hall–Kier alpha value is -1.04. The lowest BCUT2D eigenvalue weighted by Crippen LogP contribution is -1.92. The molecule has 0 aromatic carbocycles. The van der Waals surface area contributed by atoms with Gasteiger partial charge in [-0.1, -0.05) is 0 Å². The number of rotatable bonds is 3. The van der Waals surface area contributed by atoms with Crippen molar-refractivity contribution in [3.05, 3.63) is 48.5 Å². The van der Waals surface area contributed by atoms with Gasteiger partial charge in [0.25, 0.3) is 0 Å². The highest BCUT2D eigenvalue weighted by atomic mass is 16.3. The Balaban J connectivity index is 2.17. The molecule has 1 N–H and O–H groups in total. The molecule has 12 heavy (non-hydrogen) atoms. The summed E-state index contributed by atoms with van der Waals surface area (Å²) in [6.45, 7) is 0. The molecular formula is C9H10N2O+. The van der Waals surface area contributed by atoms with E-state index in [0.29, 0.717) is 6.42 Å². The van der Waals surface area contributed by atoms with E-state index in [0.717, 1.165) is 12.6 Å². The number of diazo groups is 1. The lowest BCUT2D eigenvalue weighted by atomic mass is 10.0. The monoisotopic (exact) mass is 162 g/mol. The van der Waals surface area contributed by atoms with Crippen molar-refractivity contribution >= 4 is 0 Å². The van der Waals surface area contributed by atoms with E-state index in [9.17, 15) is 0 Å². The van der Waals surface area contributed by atoms with Crippen molar-refractivity contribution in [1.29, 1.82) is 5.39 Å². The average Bonchev–Trinajstić information content (AvgIpc) is 2.53. The second-order valence-corrected chi connectivity index (χ2v) is 2.53. The second kappa shape index (κ2) is 4.76. The van der Waals surface area contributed by atoms with E-state index in [1.54, 1.807) is 0 Å². The maximum atomic E-state index is 9.06. The minimum atomic E-state index is 0.0960. The van der Waals surface area contributed by atoms with E-state index in [1.165, 1.54) is 5.92 Å². The van der Waals surface area contributed by atoms with Crippen LogP contribution in [0.15, 0.2) is 12.0 Å². The number of aliphatic hydroxyl groups is 1. The van der Waals surface area contributed by atoms with Gasteiger partial charge in [-0.2, -0.15) is 0 Å². The Morgan fingerprint density at radius 3 is 2.75 bits per heavy atom. The fourth-order valence-corrected chi connectivity index (χ4v) is 0.984. The first-order chi connectivity index (χ1) is 5.83. The van der Waals surface area contributed by atoms with Crippen LogP contribution in [0.1, 0.15) is 12.8 Å². The van der Waals surface area contributed by atoms with Crippen LogP contribution in [0.2, 0.25) is 0 Å². The average molecular weight is 162 g/mol. The molecule has 0 atom stereocenters. The molecular weight excluding hydrogens is 152 g/mol. The third-order valence-electron chi connectivity index (χ3n) is 1.61. The highest BCUT2D eigenvalue weighted by molar-refractivity contribution is 5.35. The normalized spacial score (nSPS) is 19.4. The van der Waals surface area contributed by atoms with E-state index < -0.39 is 0 Å². The lowest BCUT2D eigenvalue weighted by Gasteiger charge is -2.03. The first kappa shape index (κ1) is 9.05. The van der Waals surface area contributed by atoms with Crippen LogP contribution in [0.3, 0.4) is 0 Å². The zero-order chi connectivity index (χ0) is 8.81. The van der Waals surface area contributed by atoms with Gasteiger partial charge in [-0.3, -0.25) is 0 Å². The summed E-state index contributed by atoms with van der Waals surface area (Å²) in [7, 11) is 0. The molecule has 0 heterocycles. The number of hydrogen-bond acceptors (Lipinski definition) is 2. The van der Waals surface area contributed by atoms with Crippen LogP contribution in [-0.4, -0.2) is 5.11 Å². The second-order valence-electron chi connectivity index (χ2n) is 2.53. The molecule has 0 bridgehead atoms. The molecule has 0 spiro atoms. The summed E-state index contributed by atoms with van der Waals surface area (Å²) in [5.41, 5.74) is 0. The van der Waals surface area contributed by atoms with Gasteiger partial charge >= 0.3 is 6.20 Å². The maximum absolute atomic E-state index is 9.06. The minimum Gasteiger partial charge on any atom is -0.505 e. The van der Waals surface area contributed by atoms with Gasteiger partial charge in [0.1, 0.15) is 0 Å². The van der Waals surface area contributed by atoms with E-state index in [4.69, 9.17) is 10.5 Å². The molecule has 1 rings (SSSR count). The van der Waals surface area contributed by atoms with Crippen LogP contribution in [0.5, 0.6) is 0 Å². The molecule has 0 aromatic heterocycles. The van der Waals surface area contributed by atoms with Gasteiger partial charge in [-0.05, 0) is 38.0 Å². The van der Waals surface area contributed by atoms with Crippen molar-refractivity contribution < 1.29 is 5.11 Å². The molecule has 5 radical (unpaired) electrons. The molecule has 1 aliphatic rings. The van der Waals surface area contributed by atoms with Crippen LogP contribution in [0.4, 0.5) is 0 Å². The van der Waals surface area contributed by atoms with Crippen LogP contribution in [0, 0.1) is 37.0 Å². The van der Waals surface area contributed by atoms with Gasteiger partial charge < -0.3 is 5.11 Å². The van der Waals surface area contributed by atoms with Gasteiger partial charge in [-0.15, -0.1) is 0 Å². The molecule has 0 saturated heterocycles. The van der Waals surface area contributed by atoms with E-state index >= 15 is 0 Å². The van der Waals surface area contributed by atoms with Crippen LogP contribution >= 0.6 is 0 Å². The summed E-state index contributed by atoms with van der Waals surface area (Å²) >= 11 is 0. The van der Waals surface area contributed by atoms with E-state index in [-0.39, 0.29) is 5.76 Å². The first-order valence-electron chi connectivity index (χ1n) is 3.75. The fraction of sp³-hybridized carbons (Fsp3) is 0.222. The number of hydrogen-bond donors (Lipinski definition) is 1. The fourth-order valence-electron chi connectivity index (χ4n) is 0.984. The van der Waals surface area contributed by atoms with Gasteiger partial charge in [0.15, 0.2) is 10.7 Å². The Labute approximate surface area is 72.7 Å². The molecule has 0 unspecified atom stereocenters. The van der Waals surface area contributed by atoms with Crippen LogP contribution in [0.25, 0.3) is 4.98 Å². The summed E-state index contributed by atoms with van der Waals surface area (Å²) in [6, 6.07) is 0. The summed E-state index contributed by atoms with van der Waals surface area (Å²) < 4.78 is 0. The van der Waals surface area contributed by atoms with Gasteiger partial charge in [-0.25, -0.2) is 0 Å². The molecule has 0 aliphatic heterocycles. The summed E-state index contributed by atoms with van der Waals surface area (Å²) in [5, 5.41) is 17.1. The standard InChI is InChI=1S/C9H9N2O/c10-11-7-9(12)6-5-8-3-1-2-4-8/h1-4,7H,5-6H2/p+1/b9-7-. The first-order valence-corrected chi connectivity index (χ1v) is 3.75. The van der Waals surface area contributed by atoms with Crippen molar-refractivity contribution in [2.45, 2.75) is 12.8 Å². The Bertz CT molecular complexity index is 199. The molecule has 3 nitrogen and oxygen atoms in total. The molecule has 1 saturated carbocycles. The molecule has 0 aromatic rings. The van der Waals surface area contributed by atoms with E-state index in [2.05, 4.69) is 4.98 Å².